The van der Waals surface area contributed by atoms with Crippen molar-refractivity contribution in [1.82, 2.24) is 0 Å². The second-order valence-electron chi connectivity index (χ2n) is 5.62. The highest BCUT2D eigenvalue weighted by Crippen LogP contribution is 2.57. The maximum absolute atomic E-state index is 6.45. The Balaban J connectivity index is 1.84. The van der Waals surface area contributed by atoms with E-state index in [-0.39, 0.29) is 6.04 Å². The first-order valence-corrected chi connectivity index (χ1v) is 6.70. The van der Waals surface area contributed by atoms with Gasteiger partial charge in [0.15, 0.2) is 0 Å². The molecule has 3 atom stereocenters. The minimum absolute atomic E-state index is 0.0721. The van der Waals surface area contributed by atoms with Crippen LogP contribution in [0, 0.1) is 17.8 Å². The van der Waals surface area contributed by atoms with Crippen molar-refractivity contribution in [2.24, 2.45) is 23.5 Å². The van der Waals surface area contributed by atoms with Gasteiger partial charge in [-0.2, -0.15) is 0 Å². The molecular formula is C15H21NO2. The van der Waals surface area contributed by atoms with Crippen molar-refractivity contribution in [3.8, 4) is 11.5 Å². The highest BCUT2D eigenvalue weighted by molar-refractivity contribution is 5.42. The minimum Gasteiger partial charge on any atom is -0.497 e. The van der Waals surface area contributed by atoms with E-state index in [4.69, 9.17) is 15.2 Å². The Morgan fingerprint density at radius 3 is 2.44 bits per heavy atom. The van der Waals surface area contributed by atoms with E-state index < -0.39 is 0 Å². The summed E-state index contributed by atoms with van der Waals surface area (Å²) >= 11 is 0. The molecule has 18 heavy (non-hydrogen) atoms. The molecule has 2 aliphatic rings. The number of hydrogen-bond acceptors (Lipinski definition) is 3. The molecule has 3 nitrogen and oxygen atoms in total. The van der Waals surface area contributed by atoms with E-state index in [1.54, 1.807) is 14.2 Å². The predicted molar refractivity (Wildman–Crippen MR) is 70.8 cm³/mol. The second kappa shape index (κ2) is 4.47. The van der Waals surface area contributed by atoms with Gasteiger partial charge in [-0.1, -0.05) is 0 Å². The summed E-state index contributed by atoms with van der Waals surface area (Å²) in [5.41, 5.74) is 7.53. The van der Waals surface area contributed by atoms with Crippen molar-refractivity contribution in [3.63, 3.8) is 0 Å². The van der Waals surface area contributed by atoms with Gasteiger partial charge in [0.2, 0.25) is 0 Å². The number of ether oxygens (including phenoxy) is 2. The second-order valence-corrected chi connectivity index (χ2v) is 5.62. The van der Waals surface area contributed by atoms with Gasteiger partial charge in [0.25, 0.3) is 0 Å². The van der Waals surface area contributed by atoms with Crippen LogP contribution in [0.3, 0.4) is 0 Å². The first kappa shape index (κ1) is 11.8. The zero-order chi connectivity index (χ0) is 12.7. The third kappa shape index (κ3) is 1.97. The van der Waals surface area contributed by atoms with E-state index in [9.17, 15) is 0 Å². The zero-order valence-electron chi connectivity index (χ0n) is 11.1. The number of nitrogens with two attached hydrogens (primary N) is 1. The summed E-state index contributed by atoms with van der Waals surface area (Å²) < 4.78 is 10.7. The maximum atomic E-state index is 6.45. The standard InChI is InChI=1S/C15H21NO2/c1-17-12-3-4-14(18-2)13(8-12)15(16)11-6-9-5-10(9)7-11/h3-4,8-11,15H,5-7,16H2,1-2H3. The fourth-order valence-electron chi connectivity index (χ4n) is 3.41. The van der Waals surface area contributed by atoms with Gasteiger partial charge < -0.3 is 15.2 Å². The van der Waals surface area contributed by atoms with Gasteiger partial charge >= 0.3 is 0 Å². The van der Waals surface area contributed by atoms with Gasteiger partial charge in [-0.25, -0.2) is 0 Å². The lowest BCUT2D eigenvalue weighted by Crippen LogP contribution is -2.21. The van der Waals surface area contributed by atoms with Crippen LogP contribution in [0.1, 0.15) is 30.9 Å². The molecule has 0 bridgehead atoms. The highest BCUT2D eigenvalue weighted by atomic mass is 16.5. The summed E-state index contributed by atoms with van der Waals surface area (Å²) in [5, 5.41) is 0. The fraction of sp³-hybridized carbons (Fsp3) is 0.600. The van der Waals surface area contributed by atoms with Gasteiger partial charge in [0.1, 0.15) is 11.5 Å². The molecule has 0 amide bonds. The molecule has 3 rings (SSSR count). The van der Waals surface area contributed by atoms with Crippen LogP contribution < -0.4 is 15.2 Å². The molecule has 1 aromatic rings. The minimum atomic E-state index is 0.0721. The van der Waals surface area contributed by atoms with Crippen molar-refractivity contribution in [3.05, 3.63) is 23.8 Å². The van der Waals surface area contributed by atoms with E-state index in [1.165, 1.54) is 19.3 Å². The molecule has 2 fully saturated rings. The summed E-state index contributed by atoms with van der Waals surface area (Å²) in [6.07, 6.45) is 4.00. The van der Waals surface area contributed by atoms with Gasteiger partial charge in [0.05, 0.1) is 14.2 Å². The molecular weight excluding hydrogens is 226 g/mol. The van der Waals surface area contributed by atoms with Crippen LogP contribution in [0.25, 0.3) is 0 Å². The fourth-order valence-corrected chi connectivity index (χ4v) is 3.41. The summed E-state index contributed by atoms with van der Waals surface area (Å²) in [5.74, 6) is 4.25. The molecule has 0 heterocycles. The van der Waals surface area contributed by atoms with E-state index in [2.05, 4.69) is 0 Å². The van der Waals surface area contributed by atoms with Crippen LogP contribution in [-0.4, -0.2) is 14.2 Å². The maximum Gasteiger partial charge on any atom is 0.123 e. The van der Waals surface area contributed by atoms with E-state index in [0.717, 1.165) is 28.9 Å². The molecule has 2 N–H and O–H groups in total. The molecule has 2 aliphatic carbocycles. The summed E-state index contributed by atoms with van der Waals surface area (Å²) in [6, 6.07) is 5.96. The highest BCUT2D eigenvalue weighted by Gasteiger charge is 2.47. The van der Waals surface area contributed by atoms with Crippen molar-refractivity contribution in [1.29, 1.82) is 0 Å². The Labute approximate surface area is 108 Å². The van der Waals surface area contributed by atoms with Gasteiger partial charge in [-0.15, -0.1) is 0 Å². The Morgan fingerprint density at radius 1 is 1.11 bits per heavy atom. The first-order valence-electron chi connectivity index (χ1n) is 6.70. The number of rotatable bonds is 4. The van der Waals surface area contributed by atoms with Gasteiger partial charge in [0, 0.05) is 11.6 Å². The Hall–Kier alpha value is -1.22. The zero-order valence-corrected chi connectivity index (χ0v) is 11.1. The largest absolute Gasteiger partial charge is 0.497 e. The van der Waals surface area contributed by atoms with Crippen LogP contribution in [0.5, 0.6) is 11.5 Å². The lowest BCUT2D eigenvalue weighted by molar-refractivity contribution is 0.365. The van der Waals surface area contributed by atoms with Crippen LogP contribution in [-0.2, 0) is 0 Å². The third-order valence-electron chi connectivity index (χ3n) is 4.58. The van der Waals surface area contributed by atoms with Crippen molar-refractivity contribution >= 4 is 0 Å². The van der Waals surface area contributed by atoms with Crippen LogP contribution >= 0.6 is 0 Å². The van der Waals surface area contributed by atoms with E-state index in [1.807, 2.05) is 18.2 Å². The molecule has 0 aromatic heterocycles. The molecule has 0 saturated heterocycles. The molecule has 1 aromatic carbocycles. The Bertz CT molecular complexity index is 436. The number of methoxy groups -OCH3 is 2. The smallest absolute Gasteiger partial charge is 0.123 e. The van der Waals surface area contributed by atoms with Crippen LogP contribution in [0.15, 0.2) is 18.2 Å². The average molecular weight is 247 g/mol. The predicted octanol–water partition coefficient (Wildman–Crippen LogP) is 2.75. The normalized spacial score (nSPS) is 30.7. The van der Waals surface area contributed by atoms with Gasteiger partial charge in [-0.05, 0) is 55.2 Å². The Morgan fingerprint density at radius 2 is 1.83 bits per heavy atom. The third-order valence-corrected chi connectivity index (χ3v) is 4.58. The number of benzene rings is 1. The number of hydrogen-bond donors (Lipinski definition) is 1. The first-order chi connectivity index (χ1) is 8.72. The molecule has 0 radical (unpaired) electrons. The van der Waals surface area contributed by atoms with Crippen LogP contribution in [0.4, 0.5) is 0 Å². The molecule has 3 unspecified atom stereocenters. The lowest BCUT2D eigenvalue weighted by Gasteiger charge is -2.23. The van der Waals surface area contributed by atoms with Crippen LogP contribution in [0.2, 0.25) is 0 Å². The van der Waals surface area contributed by atoms with Crippen molar-refractivity contribution < 1.29 is 9.47 Å². The van der Waals surface area contributed by atoms with E-state index in [0.29, 0.717) is 5.92 Å². The molecule has 0 aliphatic heterocycles. The lowest BCUT2D eigenvalue weighted by atomic mass is 9.89. The molecule has 3 heteroatoms. The summed E-state index contributed by atoms with van der Waals surface area (Å²) in [6.45, 7) is 0. The topological polar surface area (TPSA) is 44.5 Å². The summed E-state index contributed by atoms with van der Waals surface area (Å²) in [4.78, 5) is 0. The monoisotopic (exact) mass is 247 g/mol. The molecule has 0 spiro atoms. The average Bonchev–Trinajstić information content (AvgIpc) is 3.03. The number of fused-ring (bicyclic) bond motifs is 1. The molecule has 2 saturated carbocycles. The SMILES string of the molecule is COc1ccc(OC)c(C(N)C2CC3CC3C2)c1. The summed E-state index contributed by atoms with van der Waals surface area (Å²) in [7, 11) is 3.38. The van der Waals surface area contributed by atoms with Crippen molar-refractivity contribution in [2.45, 2.75) is 25.3 Å². The molecule has 98 valence electrons. The van der Waals surface area contributed by atoms with Gasteiger partial charge in [-0.3, -0.25) is 0 Å². The quantitative estimate of drug-likeness (QED) is 0.889. The van der Waals surface area contributed by atoms with E-state index >= 15 is 0 Å². The Kier molecular flexibility index (Phi) is 2.94. The van der Waals surface area contributed by atoms with Crippen molar-refractivity contribution in [2.75, 3.05) is 14.2 Å².